The van der Waals surface area contributed by atoms with Crippen LogP contribution in [0.25, 0.3) is 0 Å². The lowest BCUT2D eigenvalue weighted by atomic mass is 9.90. The molecule has 1 atom stereocenters. The van der Waals surface area contributed by atoms with Crippen LogP contribution in [0.1, 0.15) is 67.9 Å². The molecule has 0 spiro atoms. The number of rotatable bonds is 5. The molecule has 8 heteroatoms. The second-order valence-corrected chi connectivity index (χ2v) is 11.1. The number of ether oxygens (including phenoxy) is 2. The number of para-hydroxylation sites is 1. The van der Waals surface area contributed by atoms with E-state index < -0.39 is 21.7 Å². The van der Waals surface area contributed by atoms with Crippen molar-refractivity contribution < 1.29 is 22.7 Å². The quantitative estimate of drug-likeness (QED) is 0.702. The third-order valence-corrected chi connectivity index (χ3v) is 7.75. The summed E-state index contributed by atoms with van der Waals surface area (Å²) in [6, 6.07) is 11.5. The van der Waals surface area contributed by atoms with Crippen LogP contribution in [0.2, 0.25) is 0 Å². The van der Waals surface area contributed by atoms with Crippen LogP contribution < -0.4 is 14.2 Å². The van der Waals surface area contributed by atoms with E-state index in [9.17, 15) is 13.2 Å². The van der Waals surface area contributed by atoms with Gasteiger partial charge in [0.1, 0.15) is 17.1 Å². The van der Waals surface area contributed by atoms with Gasteiger partial charge in [0.05, 0.1) is 23.6 Å². The van der Waals surface area contributed by atoms with E-state index in [1.807, 2.05) is 38.1 Å². The fraction of sp³-hybridized carbons (Fsp3) is 0.480. The van der Waals surface area contributed by atoms with Crippen molar-refractivity contribution in [3.63, 3.8) is 0 Å². The molecule has 4 rings (SSSR count). The Labute approximate surface area is 196 Å². The van der Waals surface area contributed by atoms with Crippen LogP contribution in [0.4, 0.5) is 0 Å². The average Bonchev–Trinajstić information content (AvgIpc) is 3.07. The number of hydrogen-bond acceptors (Lipinski definition) is 5. The summed E-state index contributed by atoms with van der Waals surface area (Å²) in [5.74, 6) is 0.859. The molecule has 2 aliphatic rings. The van der Waals surface area contributed by atoms with Gasteiger partial charge < -0.3 is 14.4 Å². The number of sulfonamides is 1. The monoisotopic (exact) mass is 472 g/mol. The van der Waals surface area contributed by atoms with Gasteiger partial charge in [0.25, 0.3) is 5.91 Å². The van der Waals surface area contributed by atoms with E-state index in [4.69, 9.17) is 9.47 Å². The number of methoxy groups -OCH3 is 1. The van der Waals surface area contributed by atoms with Crippen LogP contribution >= 0.6 is 0 Å². The molecule has 2 aromatic carbocycles. The molecule has 7 nitrogen and oxygen atoms in total. The van der Waals surface area contributed by atoms with Gasteiger partial charge in [0, 0.05) is 25.1 Å². The predicted molar refractivity (Wildman–Crippen MR) is 126 cm³/mol. The van der Waals surface area contributed by atoms with Gasteiger partial charge in [0.15, 0.2) is 0 Å². The standard InChI is InChI=1S/C25H32N2O5S/c1-25(2)17-21(19-10-6-7-11-23(19)32-25)26-33(29,30)18-12-13-22(31-3)20(16-18)24(28)27-14-8-4-5-9-15-27/h6-7,10-13,16,21,26H,4-5,8-9,14-15,17H2,1-3H3/t21-/m0/s1. The maximum atomic E-state index is 13.4. The van der Waals surface area contributed by atoms with Gasteiger partial charge in [-0.1, -0.05) is 31.0 Å². The van der Waals surface area contributed by atoms with Gasteiger partial charge in [0.2, 0.25) is 10.0 Å². The number of amides is 1. The van der Waals surface area contributed by atoms with Crippen LogP contribution in [0.5, 0.6) is 11.5 Å². The first kappa shape index (κ1) is 23.6. The molecule has 1 saturated heterocycles. The molecular weight excluding hydrogens is 440 g/mol. The van der Waals surface area contributed by atoms with Gasteiger partial charge in [-0.15, -0.1) is 0 Å². The first-order chi connectivity index (χ1) is 15.7. The van der Waals surface area contributed by atoms with Gasteiger partial charge in [-0.3, -0.25) is 4.79 Å². The summed E-state index contributed by atoms with van der Waals surface area (Å²) in [4.78, 5) is 15.1. The third-order valence-electron chi connectivity index (χ3n) is 6.28. The highest BCUT2D eigenvalue weighted by Crippen LogP contribution is 2.40. The summed E-state index contributed by atoms with van der Waals surface area (Å²) < 4.78 is 41.1. The van der Waals surface area contributed by atoms with E-state index >= 15 is 0 Å². The second kappa shape index (κ2) is 9.35. The van der Waals surface area contributed by atoms with Crippen molar-refractivity contribution in [1.29, 1.82) is 0 Å². The number of carbonyl (C=O) groups is 1. The van der Waals surface area contributed by atoms with Gasteiger partial charge in [-0.2, -0.15) is 0 Å². The maximum Gasteiger partial charge on any atom is 0.257 e. The summed E-state index contributed by atoms with van der Waals surface area (Å²) in [6.07, 6.45) is 4.59. The van der Waals surface area contributed by atoms with Crippen LogP contribution in [0, 0.1) is 0 Å². The Morgan fingerprint density at radius 2 is 1.79 bits per heavy atom. The van der Waals surface area contributed by atoms with Crippen molar-refractivity contribution in [2.45, 2.75) is 62.5 Å². The predicted octanol–water partition coefficient (Wildman–Crippen LogP) is 4.29. The fourth-order valence-corrected chi connectivity index (χ4v) is 5.87. The second-order valence-electron chi connectivity index (χ2n) is 9.35. The summed E-state index contributed by atoms with van der Waals surface area (Å²) in [7, 11) is -2.42. The Bertz CT molecular complexity index is 1120. The third kappa shape index (κ3) is 5.17. The molecule has 2 aliphatic heterocycles. The molecule has 0 aromatic heterocycles. The summed E-state index contributed by atoms with van der Waals surface area (Å²) >= 11 is 0. The molecule has 0 radical (unpaired) electrons. The zero-order valence-corrected chi connectivity index (χ0v) is 20.3. The van der Waals surface area contributed by atoms with Crippen molar-refractivity contribution in [3.05, 3.63) is 53.6 Å². The number of nitrogens with zero attached hydrogens (tertiary/aromatic N) is 1. The van der Waals surface area contributed by atoms with Crippen molar-refractivity contribution >= 4 is 15.9 Å². The van der Waals surface area contributed by atoms with E-state index in [1.165, 1.54) is 19.2 Å². The van der Waals surface area contributed by atoms with E-state index in [1.54, 1.807) is 11.0 Å². The Balaban J connectivity index is 1.64. The van der Waals surface area contributed by atoms with Crippen molar-refractivity contribution in [2.75, 3.05) is 20.2 Å². The molecule has 0 aliphatic carbocycles. The molecule has 1 amide bonds. The van der Waals surface area contributed by atoms with Gasteiger partial charge >= 0.3 is 0 Å². The number of benzene rings is 2. The van der Waals surface area contributed by atoms with E-state index in [-0.39, 0.29) is 16.4 Å². The van der Waals surface area contributed by atoms with E-state index in [0.29, 0.717) is 31.0 Å². The Hall–Kier alpha value is -2.58. The minimum absolute atomic E-state index is 0.0447. The molecule has 2 heterocycles. The van der Waals surface area contributed by atoms with Crippen LogP contribution in [-0.2, 0) is 10.0 Å². The number of likely N-dealkylation sites (tertiary alicyclic amines) is 1. The first-order valence-corrected chi connectivity index (χ1v) is 13.0. The molecule has 0 bridgehead atoms. The van der Waals surface area contributed by atoms with Crippen LogP contribution in [0.3, 0.4) is 0 Å². The number of nitrogens with one attached hydrogen (secondary N) is 1. The highest BCUT2D eigenvalue weighted by atomic mass is 32.2. The number of fused-ring (bicyclic) bond motifs is 1. The molecular formula is C25H32N2O5S. The highest BCUT2D eigenvalue weighted by Gasteiger charge is 2.36. The smallest absolute Gasteiger partial charge is 0.257 e. The zero-order valence-electron chi connectivity index (χ0n) is 19.5. The molecule has 1 fully saturated rings. The fourth-order valence-electron chi connectivity index (χ4n) is 4.63. The van der Waals surface area contributed by atoms with Crippen LogP contribution in [-0.4, -0.2) is 45.0 Å². The molecule has 33 heavy (non-hydrogen) atoms. The maximum absolute atomic E-state index is 13.4. The van der Waals surface area contributed by atoms with Gasteiger partial charge in [-0.05, 0) is 51.0 Å². The minimum atomic E-state index is -3.90. The zero-order chi connectivity index (χ0) is 23.6. The number of carbonyl (C=O) groups excluding carboxylic acids is 1. The van der Waals surface area contributed by atoms with E-state index in [0.717, 1.165) is 31.2 Å². The lowest BCUT2D eigenvalue weighted by molar-refractivity contribution is 0.0701. The Morgan fingerprint density at radius 3 is 2.48 bits per heavy atom. The van der Waals surface area contributed by atoms with E-state index in [2.05, 4.69) is 4.72 Å². The van der Waals surface area contributed by atoms with Crippen LogP contribution in [0.15, 0.2) is 47.4 Å². The lowest BCUT2D eigenvalue weighted by Gasteiger charge is -2.37. The topological polar surface area (TPSA) is 84.9 Å². The molecule has 178 valence electrons. The Kier molecular flexibility index (Phi) is 6.68. The van der Waals surface area contributed by atoms with Crippen molar-refractivity contribution in [3.8, 4) is 11.5 Å². The molecule has 1 N–H and O–H groups in total. The Morgan fingerprint density at radius 1 is 1.09 bits per heavy atom. The van der Waals surface area contributed by atoms with Gasteiger partial charge in [-0.25, -0.2) is 13.1 Å². The first-order valence-electron chi connectivity index (χ1n) is 11.5. The SMILES string of the molecule is COc1ccc(S(=O)(=O)N[C@H]2CC(C)(C)Oc3ccccc32)cc1C(=O)N1CCCCCC1. The number of hydrogen-bond donors (Lipinski definition) is 1. The normalized spacial score (nSPS) is 20.3. The minimum Gasteiger partial charge on any atom is -0.496 e. The van der Waals surface area contributed by atoms with Crippen molar-refractivity contribution in [2.24, 2.45) is 0 Å². The summed E-state index contributed by atoms with van der Waals surface area (Å²) in [5.41, 5.74) is 0.555. The summed E-state index contributed by atoms with van der Waals surface area (Å²) in [6.45, 7) is 5.22. The lowest BCUT2D eigenvalue weighted by Crippen LogP contribution is -2.41. The summed E-state index contributed by atoms with van der Waals surface area (Å²) in [5, 5.41) is 0. The molecule has 0 saturated carbocycles. The van der Waals surface area contributed by atoms with Crippen molar-refractivity contribution in [1.82, 2.24) is 9.62 Å². The average molecular weight is 473 g/mol. The highest BCUT2D eigenvalue weighted by molar-refractivity contribution is 7.89. The molecule has 0 unspecified atom stereocenters. The molecule has 2 aromatic rings. The largest absolute Gasteiger partial charge is 0.496 e.